The van der Waals surface area contributed by atoms with Crippen molar-refractivity contribution in [3.05, 3.63) is 38.3 Å². The average Bonchev–Trinajstić information content (AvgIpc) is 3.28. The molecule has 0 spiro atoms. The molecule has 0 unspecified atom stereocenters. The summed E-state index contributed by atoms with van der Waals surface area (Å²) in [6, 6.07) is 5.73. The Labute approximate surface area is 154 Å². The molecule has 2 fully saturated rings. The number of aromatic amines is 1. The standard InChI is InChI=1S/C19H21NO3S2/c1-2-23-13-8-10(5-6-12(13)21)15-14-9-3-4-11(7-9)16(14)24-18-17(15)25-19(22)20-18/h5-6,8-9,11,14-16,21H,2-4,7H2,1H3,(H,20,22)/t9-,11-,14-,15-,16+/m1/s1. The summed E-state index contributed by atoms with van der Waals surface area (Å²) in [6.07, 6.45) is 3.97. The zero-order valence-electron chi connectivity index (χ0n) is 14.0. The largest absolute Gasteiger partial charge is 0.504 e. The van der Waals surface area contributed by atoms with Gasteiger partial charge < -0.3 is 14.8 Å². The third-order valence-corrected chi connectivity index (χ3v) is 8.73. The van der Waals surface area contributed by atoms with Crippen LogP contribution in [0.4, 0.5) is 0 Å². The van der Waals surface area contributed by atoms with Crippen molar-refractivity contribution in [3.63, 3.8) is 0 Å². The lowest BCUT2D eigenvalue weighted by Crippen LogP contribution is -2.33. The molecule has 2 N–H and O–H groups in total. The lowest BCUT2D eigenvalue weighted by atomic mass is 9.75. The van der Waals surface area contributed by atoms with E-state index < -0.39 is 0 Å². The number of aromatic hydroxyl groups is 1. The fourth-order valence-corrected chi connectivity index (χ4v) is 8.11. The minimum Gasteiger partial charge on any atom is -0.504 e. The quantitative estimate of drug-likeness (QED) is 0.844. The predicted octanol–water partition coefficient (Wildman–Crippen LogP) is 4.19. The summed E-state index contributed by atoms with van der Waals surface area (Å²) in [5.74, 6) is 3.08. The van der Waals surface area contributed by atoms with Gasteiger partial charge >= 0.3 is 4.87 Å². The van der Waals surface area contributed by atoms with Crippen molar-refractivity contribution >= 4 is 23.1 Å². The van der Waals surface area contributed by atoms with Gasteiger partial charge in [-0.2, -0.15) is 0 Å². The second kappa shape index (κ2) is 5.81. The van der Waals surface area contributed by atoms with E-state index >= 15 is 0 Å². The van der Waals surface area contributed by atoms with E-state index in [2.05, 4.69) is 4.98 Å². The monoisotopic (exact) mass is 375 g/mol. The highest BCUT2D eigenvalue weighted by molar-refractivity contribution is 8.00. The molecular formula is C19H21NO3S2. The van der Waals surface area contributed by atoms with Crippen LogP contribution in [0.5, 0.6) is 11.5 Å². The average molecular weight is 376 g/mol. The number of fused-ring (bicyclic) bond motifs is 6. The summed E-state index contributed by atoms with van der Waals surface area (Å²) >= 11 is 3.26. The first-order valence-corrected chi connectivity index (χ1v) is 10.7. The second-order valence-electron chi connectivity index (χ2n) is 7.34. The third-order valence-electron chi connectivity index (χ3n) is 6.11. The summed E-state index contributed by atoms with van der Waals surface area (Å²) in [7, 11) is 0. The summed E-state index contributed by atoms with van der Waals surface area (Å²) in [4.78, 5) is 16.3. The van der Waals surface area contributed by atoms with Gasteiger partial charge in [-0.15, -0.1) is 11.8 Å². The van der Waals surface area contributed by atoms with Crippen LogP contribution < -0.4 is 9.61 Å². The van der Waals surface area contributed by atoms with Gasteiger partial charge in [0.2, 0.25) is 0 Å². The van der Waals surface area contributed by atoms with Gasteiger partial charge in [0.1, 0.15) is 0 Å². The van der Waals surface area contributed by atoms with Crippen LogP contribution in [0.2, 0.25) is 0 Å². The molecule has 1 aliphatic heterocycles. The van der Waals surface area contributed by atoms with E-state index in [-0.39, 0.29) is 16.5 Å². The summed E-state index contributed by atoms with van der Waals surface area (Å²) in [5.41, 5.74) is 1.17. The van der Waals surface area contributed by atoms with Crippen molar-refractivity contribution in [1.82, 2.24) is 4.98 Å². The molecule has 2 heterocycles. The maximum Gasteiger partial charge on any atom is 0.305 e. The van der Waals surface area contributed by atoms with Crippen molar-refractivity contribution in [1.29, 1.82) is 0 Å². The lowest BCUT2D eigenvalue weighted by molar-refractivity contribution is 0.302. The van der Waals surface area contributed by atoms with Gasteiger partial charge in [0.25, 0.3) is 0 Å². The number of hydrogen-bond acceptors (Lipinski definition) is 5. The van der Waals surface area contributed by atoms with Crippen LogP contribution in [0.1, 0.15) is 42.5 Å². The Balaban J connectivity index is 1.65. The molecule has 2 bridgehead atoms. The topological polar surface area (TPSA) is 62.3 Å². The van der Waals surface area contributed by atoms with Crippen molar-refractivity contribution in [2.45, 2.75) is 42.4 Å². The number of phenolic OH excluding ortho intramolecular Hbond substituents is 1. The number of phenols is 1. The molecule has 1 aromatic carbocycles. The molecule has 3 aliphatic rings. The number of thioether (sulfide) groups is 1. The SMILES string of the molecule is CCOc1cc([C@H]2c3sc(=O)[nH]c3S[C@H]3[C@@H]4CC[C@H](C4)[C@H]23)ccc1O. The van der Waals surface area contributed by atoms with Crippen LogP contribution in [0.3, 0.4) is 0 Å². The van der Waals surface area contributed by atoms with Crippen molar-refractivity contribution in [2.24, 2.45) is 17.8 Å². The number of hydrogen-bond donors (Lipinski definition) is 2. The zero-order chi connectivity index (χ0) is 17.1. The van der Waals surface area contributed by atoms with Gasteiger partial charge in [-0.1, -0.05) is 17.4 Å². The normalized spacial score (nSPS) is 32.4. The highest BCUT2D eigenvalue weighted by Crippen LogP contribution is 2.63. The van der Waals surface area contributed by atoms with E-state index in [9.17, 15) is 9.90 Å². The van der Waals surface area contributed by atoms with E-state index in [0.717, 1.165) is 16.9 Å². The van der Waals surface area contributed by atoms with Crippen molar-refractivity contribution in [3.8, 4) is 11.5 Å². The highest BCUT2D eigenvalue weighted by Gasteiger charge is 2.54. The Bertz CT molecular complexity index is 874. The number of H-pyrrole nitrogens is 1. The molecule has 132 valence electrons. The Morgan fingerprint density at radius 3 is 3.00 bits per heavy atom. The number of rotatable bonds is 3. The van der Waals surface area contributed by atoms with Gasteiger partial charge in [-0.25, -0.2) is 0 Å². The molecule has 5 rings (SSSR count). The fourth-order valence-electron chi connectivity index (χ4n) is 5.22. The van der Waals surface area contributed by atoms with Crippen LogP contribution in [0, 0.1) is 17.8 Å². The van der Waals surface area contributed by atoms with E-state index in [0.29, 0.717) is 23.5 Å². The molecule has 5 atom stereocenters. The number of benzene rings is 1. The van der Waals surface area contributed by atoms with Crippen LogP contribution in [-0.2, 0) is 0 Å². The Morgan fingerprint density at radius 2 is 2.16 bits per heavy atom. The predicted molar refractivity (Wildman–Crippen MR) is 100 cm³/mol. The van der Waals surface area contributed by atoms with Gasteiger partial charge in [0.15, 0.2) is 11.5 Å². The molecule has 25 heavy (non-hydrogen) atoms. The van der Waals surface area contributed by atoms with Crippen LogP contribution >= 0.6 is 23.1 Å². The van der Waals surface area contributed by atoms with E-state index in [1.165, 1.54) is 41.0 Å². The van der Waals surface area contributed by atoms with Gasteiger partial charge in [0.05, 0.1) is 11.6 Å². The van der Waals surface area contributed by atoms with E-state index in [1.54, 1.807) is 6.07 Å². The fraction of sp³-hybridized carbons (Fsp3) is 0.526. The van der Waals surface area contributed by atoms with Gasteiger partial charge in [0, 0.05) is 16.0 Å². The summed E-state index contributed by atoms with van der Waals surface area (Å²) in [5, 5.41) is 11.7. The molecule has 2 aliphatic carbocycles. The number of nitrogens with one attached hydrogen (secondary N) is 1. The first-order valence-electron chi connectivity index (χ1n) is 9.01. The van der Waals surface area contributed by atoms with Gasteiger partial charge in [-0.05, 0) is 61.6 Å². The Morgan fingerprint density at radius 1 is 1.32 bits per heavy atom. The van der Waals surface area contributed by atoms with E-state index in [4.69, 9.17) is 4.74 Å². The van der Waals surface area contributed by atoms with Crippen LogP contribution in [0.25, 0.3) is 0 Å². The van der Waals surface area contributed by atoms with Crippen LogP contribution in [-0.4, -0.2) is 21.9 Å². The first kappa shape index (κ1) is 15.8. The summed E-state index contributed by atoms with van der Waals surface area (Å²) in [6.45, 7) is 2.45. The third kappa shape index (κ3) is 2.37. The molecule has 4 nitrogen and oxygen atoms in total. The molecule has 0 saturated heterocycles. The van der Waals surface area contributed by atoms with Crippen LogP contribution in [0.15, 0.2) is 28.0 Å². The second-order valence-corrected chi connectivity index (χ2v) is 9.54. The number of ether oxygens (including phenoxy) is 1. The highest BCUT2D eigenvalue weighted by atomic mass is 32.2. The smallest absolute Gasteiger partial charge is 0.305 e. The molecule has 2 aromatic rings. The van der Waals surface area contributed by atoms with Crippen molar-refractivity contribution in [2.75, 3.05) is 6.61 Å². The van der Waals surface area contributed by atoms with Gasteiger partial charge in [-0.3, -0.25) is 4.79 Å². The zero-order valence-corrected chi connectivity index (χ0v) is 15.7. The molecule has 2 saturated carbocycles. The van der Waals surface area contributed by atoms with Crippen molar-refractivity contribution < 1.29 is 9.84 Å². The molecule has 1 aromatic heterocycles. The number of thiazole rings is 1. The Kier molecular flexibility index (Phi) is 3.68. The Hall–Kier alpha value is -1.40. The first-order chi connectivity index (χ1) is 12.2. The molecule has 0 radical (unpaired) electrons. The maximum absolute atomic E-state index is 12.0. The minimum absolute atomic E-state index is 0.0404. The molecule has 0 amide bonds. The molecular weight excluding hydrogens is 354 g/mol. The maximum atomic E-state index is 12.0. The minimum atomic E-state index is 0.0404. The lowest BCUT2D eigenvalue weighted by Gasteiger charge is -2.40. The summed E-state index contributed by atoms with van der Waals surface area (Å²) < 4.78 is 5.61. The molecule has 6 heteroatoms. The number of aromatic nitrogens is 1. The van der Waals surface area contributed by atoms with E-state index in [1.807, 2.05) is 30.8 Å².